The van der Waals surface area contributed by atoms with Crippen LogP contribution in [0.5, 0.6) is 0 Å². The van der Waals surface area contributed by atoms with Crippen LogP contribution in [0.1, 0.15) is 47.1 Å². The Morgan fingerprint density at radius 1 is 1.12 bits per heavy atom. The van der Waals surface area contributed by atoms with Crippen LogP contribution in [0.2, 0.25) is 0 Å². The number of nitrogens with one attached hydrogen (secondary N) is 1. The first-order valence-electron chi connectivity index (χ1n) is 11.2. The number of hydrogen-bond acceptors (Lipinski definition) is 6. The minimum atomic E-state index is -0.330. The zero-order valence-electron chi connectivity index (χ0n) is 18.3. The van der Waals surface area contributed by atoms with Crippen molar-refractivity contribution in [2.75, 3.05) is 19.7 Å². The van der Waals surface area contributed by atoms with E-state index in [9.17, 15) is 15.2 Å². The summed E-state index contributed by atoms with van der Waals surface area (Å²) in [5.41, 5.74) is 3.57. The number of aliphatic hydroxyl groups is 1. The predicted octanol–water partition coefficient (Wildman–Crippen LogP) is 2.79. The Morgan fingerprint density at radius 2 is 1.82 bits per heavy atom. The van der Waals surface area contributed by atoms with Gasteiger partial charge >= 0.3 is 0 Å². The molecule has 1 fully saturated rings. The van der Waals surface area contributed by atoms with Crippen molar-refractivity contribution in [3.63, 3.8) is 0 Å². The molecule has 1 aromatic carbocycles. The highest BCUT2D eigenvalue weighted by molar-refractivity contribution is 5.82. The van der Waals surface area contributed by atoms with Crippen molar-refractivity contribution in [2.24, 2.45) is 0 Å². The van der Waals surface area contributed by atoms with Crippen LogP contribution < -0.4 is 5.32 Å². The zero-order chi connectivity index (χ0) is 23.0. The van der Waals surface area contributed by atoms with E-state index in [0.717, 1.165) is 36.1 Å². The van der Waals surface area contributed by atoms with E-state index in [1.807, 2.05) is 54.9 Å². The second-order valence-corrected chi connectivity index (χ2v) is 8.14. The molecule has 2 N–H and O–H groups in total. The van der Waals surface area contributed by atoms with Crippen molar-refractivity contribution < 1.29 is 9.90 Å². The molecule has 33 heavy (non-hydrogen) atoms. The van der Waals surface area contributed by atoms with Gasteiger partial charge in [0.1, 0.15) is 0 Å². The molecule has 7 nitrogen and oxygen atoms in total. The average molecular weight is 442 g/mol. The molecular formula is C26H27N5O2. The standard InChI is InChI=1S/C26H27N5O2/c27-16-19-5-1-6-20(15-19)25(31-13-4-9-23(31)26(33)30-12-14-32)24(21-7-2-10-28-17-21)22-8-3-11-29-18-22/h1-3,5-8,10-11,15,17-18,23-25,32H,4,9,12-14H2,(H,30,33). The molecule has 4 rings (SSSR count). The number of carbonyl (C=O) groups is 1. The zero-order valence-corrected chi connectivity index (χ0v) is 18.3. The van der Waals surface area contributed by atoms with Crippen molar-refractivity contribution in [3.05, 3.63) is 95.6 Å². The lowest BCUT2D eigenvalue weighted by molar-refractivity contribution is -0.126. The summed E-state index contributed by atoms with van der Waals surface area (Å²) in [7, 11) is 0. The van der Waals surface area contributed by atoms with Crippen LogP contribution in [0.4, 0.5) is 0 Å². The first-order valence-corrected chi connectivity index (χ1v) is 11.2. The van der Waals surface area contributed by atoms with Gasteiger partial charge in [0, 0.05) is 43.3 Å². The van der Waals surface area contributed by atoms with E-state index >= 15 is 0 Å². The highest BCUT2D eigenvalue weighted by atomic mass is 16.3. The molecule has 168 valence electrons. The van der Waals surface area contributed by atoms with Crippen LogP contribution in [0.15, 0.2) is 73.3 Å². The Kier molecular flexibility index (Phi) is 7.40. The number of benzene rings is 1. The van der Waals surface area contributed by atoms with Gasteiger partial charge in [0.05, 0.1) is 24.3 Å². The number of carbonyl (C=O) groups excluding carboxylic acids is 1. The number of hydrogen-bond donors (Lipinski definition) is 2. The average Bonchev–Trinajstić information content (AvgIpc) is 3.36. The number of aromatic nitrogens is 2. The number of nitriles is 1. The predicted molar refractivity (Wildman–Crippen MR) is 124 cm³/mol. The molecule has 1 aliphatic rings. The van der Waals surface area contributed by atoms with Crippen LogP contribution >= 0.6 is 0 Å². The smallest absolute Gasteiger partial charge is 0.237 e. The Balaban J connectivity index is 1.85. The summed E-state index contributed by atoms with van der Waals surface area (Å²) in [5, 5.41) is 21.6. The number of aliphatic hydroxyl groups excluding tert-OH is 1. The van der Waals surface area contributed by atoms with E-state index in [2.05, 4.69) is 26.3 Å². The van der Waals surface area contributed by atoms with E-state index in [-0.39, 0.29) is 37.1 Å². The third-order valence-electron chi connectivity index (χ3n) is 6.13. The molecule has 0 spiro atoms. The van der Waals surface area contributed by atoms with Gasteiger partial charge in [-0.1, -0.05) is 24.3 Å². The maximum Gasteiger partial charge on any atom is 0.237 e. The van der Waals surface area contributed by atoms with Gasteiger partial charge in [0.25, 0.3) is 0 Å². The third kappa shape index (κ3) is 5.08. The molecule has 3 heterocycles. The molecule has 2 atom stereocenters. The summed E-state index contributed by atoms with van der Waals surface area (Å²) >= 11 is 0. The van der Waals surface area contributed by atoms with Gasteiger partial charge in [-0.3, -0.25) is 19.7 Å². The van der Waals surface area contributed by atoms with Gasteiger partial charge < -0.3 is 10.4 Å². The summed E-state index contributed by atoms with van der Waals surface area (Å²) < 4.78 is 0. The molecule has 2 unspecified atom stereocenters. The van der Waals surface area contributed by atoms with Gasteiger partial charge in [-0.05, 0) is 60.3 Å². The Labute approximate surface area is 193 Å². The fraction of sp³-hybridized carbons (Fsp3) is 0.308. The van der Waals surface area contributed by atoms with E-state index in [1.54, 1.807) is 18.5 Å². The van der Waals surface area contributed by atoms with Gasteiger partial charge in [-0.15, -0.1) is 0 Å². The first-order chi connectivity index (χ1) is 16.2. The summed E-state index contributed by atoms with van der Waals surface area (Å²) in [6, 6.07) is 17.2. The molecule has 2 aromatic heterocycles. The first kappa shape index (κ1) is 22.6. The topological polar surface area (TPSA) is 102 Å². The fourth-order valence-electron chi connectivity index (χ4n) is 4.74. The quantitative estimate of drug-likeness (QED) is 0.557. The monoisotopic (exact) mass is 441 g/mol. The fourth-order valence-corrected chi connectivity index (χ4v) is 4.74. The number of pyridine rings is 2. The summed E-state index contributed by atoms with van der Waals surface area (Å²) in [4.78, 5) is 24.0. The minimum Gasteiger partial charge on any atom is -0.395 e. The second-order valence-electron chi connectivity index (χ2n) is 8.14. The van der Waals surface area contributed by atoms with E-state index < -0.39 is 0 Å². The van der Waals surface area contributed by atoms with Crippen molar-refractivity contribution in [1.82, 2.24) is 20.2 Å². The van der Waals surface area contributed by atoms with Crippen molar-refractivity contribution in [2.45, 2.75) is 30.8 Å². The summed E-state index contributed by atoms with van der Waals surface area (Å²) in [6.45, 7) is 0.877. The lowest BCUT2D eigenvalue weighted by Gasteiger charge is -2.38. The number of rotatable bonds is 8. The van der Waals surface area contributed by atoms with Gasteiger partial charge in [-0.25, -0.2) is 0 Å². The molecule has 0 aliphatic carbocycles. The SMILES string of the molecule is N#Cc1cccc(C(C(c2cccnc2)c2cccnc2)N2CCCC2C(=O)NCCO)c1. The summed E-state index contributed by atoms with van der Waals surface area (Å²) in [6.07, 6.45) is 8.83. The van der Waals surface area contributed by atoms with Crippen molar-refractivity contribution in [1.29, 1.82) is 5.26 Å². The highest BCUT2D eigenvalue weighted by Crippen LogP contribution is 2.43. The molecule has 7 heteroatoms. The lowest BCUT2D eigenvalue weighted by atomic mass is 9.81. The number of amides is 1. The van der Waals surface area contributed by atoms with Crippen LogP contribution in [-0.2, 0) is 4.79 Å². The maximum absolute atomic E-state index is 13.0. The third-order valence-corrected chi connectivity index (χ3v) is 6.13. The maximum atomic E-state index is 13.0. The van der Waals surface area contributed by atoms with Crippen LogP contribution in [0.25, 0.3) is 0 Å². The normalized spacial score (nSPS) is 16.9. The van der Waals surface area contributed by atoms with E-state index in [4.69, 9.17) is 0 Å². The van der Waals surface area contributed by atoms with Gasteiger partial charge in [0.15, 0.2) is 0 Å². The van der Waals surface area contributed by atoms with Crippen LogP contribution in [0, 0.1) is 11.3 Å². The minimum absolute atomic E-state index is 0.0842. The Morgan fingerprint density at radius 3 is 2.42 bits per heavy atom. The van der Waals surface area contributed by atoms with Crippen molar-refractivity contribution in [3.8, 4) is 6.07 Å². The molecule has 3 aromatic rings. The summed E-state index contributed by atoms with van der Waals surface area (Å²) in [5.74, 6) is -0.230. The van der Waals surface area contributed by atoms with Gasteiger partial charge in [0.2, 0.25) is 5.91 Å². The molecular weight excluding hydrogens is 414 g/mol. The molecule has 1 aliphatic heterocycles. The lowest BCUT2D eigenvalue weighted by Crippen LogP contribution is -2.46. The Bertz CT molecular complexity index is 1060. The molecule has 1 amide bonds. The van der Waals surface area contributed by atoms with E-state index in [0.29, 0.717) is 5.56 Å². The highest BCUT2D eigenvalue weighted by Gasteiger charge is 2.40. The largest absolute Gasteiger partial charge is 0.395 e. The van der Waals surface area contributed by atoms with Crippen LogP contribution in [-0.4, -0.2) is 51.6 Å². The van der Waals surface area contributed by atoms with Crippen molar-refractivity contribution >= 4 is 5.91 Å². The Hall–Kier alpha value is -3.60. The van der Waals surface area contributed by atoms with Crippen LogP contribution in [0.3, 0.4) is 0 Å². The molecule has 1 saturated heterocycles. The van der Waals surface area contributed by atoms with E-state index in [1.165, 1.54) is 0 Å². The number of likely N-dealkylation sites (tertiary alicyclic amines) is 1. The number of nitrogens with zero attached hydrogens (tertiary/aromatic N) is 4. The second kappa shape index (κ2) is 10.8. The molecule has 0 bridgehead atoms. The molecule has 0 saturated carbocycles. The van der Waals surface area contributed by atoms with Gasteiger partial charge in [-0.2, -0.15) is 5.26 Å². The molecule has 0 radical (unpaired) electrons.